The molecule has 4 rings (SSSR count). The lowest BCUT2D eigenvalue weighted by molar-refractivity contribution is -0.110. The van der Waals surface area contributed by atoms with E-state index in [1.165, 1.54) is 0 Å². The molecule has 0 saturated carbocycles. The Labute approximate surface area is 152 Å². The molecular weight excluding hydrogens is 330 g/mol. The van der Waals surface area contributed by atoms with E-state index < -0.39 is 0 Å². The first-order valence-corrected chi connectivity index (χ1v) is 8.90. The summed E-state index contributed by atoms with van der Waals surface area (Å²) in [7, 11) is 0. The van der Waals surface area contributed by atoms with E-state index in [9.17, 15) is 9.90 Å². The Bertz CT molecular complexity index is 863. The number of aliphatic hydroxyl groups excluding tert-OH is 1. The molecule has 0 unspecified atom stereocenters. The zero-order valence-corrected chi connectivity index (χ0v) is 14.8. The SMILES string of the molecule is Cc1cc(CN2CCOCC2)[nH]c1C=C1C(=O)Nc2ccc(CO)cc21. The van der Waals surface area contributed by atoms with Crippen molar-refractivity contribution in [3.63, 3.8) is 0 Å². The summed E-state index contributed by atoms with van der Waals surface area (Å²) in [5, 5.41) is 12.3. The third-order valence-electron chi connectivity index (χ3n) is 4.95. The van der Waals surface area contributed by atoms with Gasteiger partial charge in [0.25, 0.3) is 5.91 Å². The summed E-state index contributed by atoms with van der Waals surface area (Å²) >= 11 is 0. The Morgan fingerprint density at radius 2 is 2.08 bits per heavy atom. The second-order valence-electron chi connectivity index (χ2n) is 6.83. The number of aliphatic hydroxyl groups is 1. The molecule has 0 aliphatic carbocycles. The molecule has 2 aromatic rings. The number of H-pyrrole nitrogens is 1. The van der Waals surface area contributed by atoms with Crippen LogP contribution < -0.4 is 5.32 Å². The Morgan fingerprint density at radius 3 is 2.85 bits per heavy atom. The van der Waals surface area contributed by atoms with Gasteiger partial charge in [-0.25, -0.2) is 0 Å². The van der Waals surface area contributed by atoms with Crippen LogP contribution in [0.15, 0.2) is 24.3 Å². The number of aromatic nitrogens is 1. The highest BCUT2D eigenvalue weighted by Crippen LogP contribution is 2.34. The predicted molar refractivity (Wildman–Crippen MR) is 100 cm³/mol. The zero-order valence-electron chi connectivity index (χ0n) is 14.8. The number of nitrogens with one attached hydrogen (secondary N) is 2. The first-order chi connectivity index (χ1) is 12.6. The highest BCUT2D eigenvalue weighted by atomic mass is 16.5. The van der Waals surface area contributed by atoms with Crippen LogP contribution in [0.1, 0.15) is 28.1 Å². The number of rotatable bonds is 4. The summed E-state index contributed by atoms with van der Waals surface area (Å²) in [5.74, 6) is -0.112. The number of hydrogen-bond donors (Lipinski definition) is 3. The van der Waals surface area contributed by atoms with Gasteiger partial charge in [0.1, 0.15) is 0 Å². The van der Waals surface area contributed by atoms with Crippen LogP contribution in [0.2, 0.25) is 0 Å². The van der Waals surface area contributed by atoms with E-state index in [2.05, 4.69) is 21.3 Å². The zero-order chi connectivity index (χ0) is 18.1. The number of amides is 1. The van der Waals surface area contributed by atoms with E-state index in [1.807, 2.05) is 31.2 Å². The predicted octanol–water partition coefficient (Wildman–Crippen LogP) is 2.14. The molecule has 2 aliphatic rings. The first-order valence-electron chi connectivity index (χ1n) is 8.90. The number of aryl methyl sites for hydroxylation is 1. The van der Waals surface area contributed by atoms with Crippen LogP contribution in [0.4, 0.5) is 5.69 Å². The molecule has 26 heavy (non-hydrogen) atoms. The van der Waals surface area contributed by atoms with Crippen LogP contribution in [0.5, 0.6) is 0 Å². The van der Waals surface area contributed by atoms with Crippen molar-refractivity contribution in [2.45, 2.75) is 20.1 Å². The van der Waals surface area contributed by atoms with Gasteiger partial charge in [-0.3, -0.25) is 9.69 Å². The Hall–Kier alpha value is -2.41. The number of morpholine rings is 1. The van der Waals surface area contributed by atoms with Gasteiger partial charge in [0.2, 0.25) is 0 Å². The fourth-order valence-corrected chi connectivity index (χ4v) is 3.50. The lowest BCUT2D eigenvalue weighted by atomic mass is 10.0. The maximum atomic E-state index is 12.4. The van der Waals surface area contributed by atoms with Gasteiger partial charge in [-0.1, -0.05) is 6.07 Å². The number of nitrogens with zero attached hydrogens (tertiary/aromatic N) is 1. The number of hydrogen-bond acceptors (Lipinski definition) is 4. The van der Waals surface area contributed by atoms with E-state index in [4.69, 9.17) is 4.74 Å². The van der Waals surface area contributed by atoms with Crippen LogP contribution in [0.25, 0.3) is 11.6 Å². The molecular formula is C20H23N3O3. The van der Waals surface area contributed by atoms with Crippen LogP contribution in [-0.2, 0) is 22.7 Å². The van der Waals surface area contributed by atoms with Gasteiger partial charge in [-0.05, 0) is 42.3 Å². The average Bonchev–Trinajstić information content (AvgIpc) is 3.15. The van der Waals surface area contributed by atoms with E-state index in [1.54, 1.807) is 0 Å². The highest BCUT2D eigenvalue weighted by Gasteiger charge is 2.25. The van der Waals surface area contributed by atoms with E-state index >= 15 is 0 Å². The summed E-state index contributed by atoms with van der Waals surface area (Å²) in [6, 6.07) is 7.67. The van der Waals surface area contributed by atoms with Gasteiger partial charge in [-0.2, -0.15) is 0 Å². The monoisotopic (exact) mass is 353 g/mol. The number of ether oxygens (including phenoxy) is 1. The largest absolute Gasteiger partial charge is 0.392 e. The third-order valence-corrected chi connectivity index (χ3v) is 4.95. The summed E-state index contributed by atoms with van der Waals surface area (Å²) < 4.78 is 5.40. The van der Waals surface area contributed by atoms with Crippen molar-refractivity contribution >= 4 is 23.2 Å². The van der Waals surface area contributed by atoms with Crippen molar-refractivity contribution in [3.8, 4) is 0 Å². The molecule has 0 radical (unpaired) electrons. The van der Waals surface area contributed by atoms with Gasteiger partial charge >= 0.3 is 0 Å². The third kappa shape index (κ3) is 3.31. The first kappa shape index (κ1) is 17.0. The average molecular weight is 353 g/mol. The van der Waals surface area contributed by atoms with Gasteiger partial charge in [0.15, 0.2) is 0 Å². The summed E-state index contributed by atoms with van der Waals surface area (Å²) in [6.07, 6.45) is 1.90. The van der Waals surface area contributed by atoms with Crippen LogP contribution in [0.3, 0.4) is 0 Å². The maximum absolute atomic E-state index is 12.4. The summed E-state index contributed by atoms with van der Waals surface area (Å²) in [4.78, 5) is 18.2. The Kier molecular flexibility index (Phi) is 4.63. The van der Waals surface area contributed by atoms with Crippen molar-refractivity contribution < 1.29 is 14.6 Å². The molecule has 136 valence electrons. The second kappa shape index (κ2) is 7.07. The van der Waals surface area contributed by atoms with Crippen LogP contribution >= 0.6 is 0 Å². The number of carbonyl (C=O) groups is 1. The molecule has 1 aromatic carbocycles. The molecule has 6 heteroatoms. The maximum Gasteiger partial charge on any atom is 0.256 e. The Balaban J connectivity index is 1.61. The number of fused-ring (bicyclic) bond motifs is 1. The molecule has 0 spiro atoms. The fourth-order valence-electron chi connectivity index (χ4n) is 3.50. The standard InChI is InChI=1S/C20H23N3O3/c1-13-8-15(11-23-4-6-26-7-5-23)21-19(13)10-17-16-9-14(12-24)2-3-18(16)22-20(17)25/h2-3,8-10,21,24H,4-7,11-12H2,1H3,(H,22,25). The highest BCUT2D eigenvalue weighted by molar-refractivity contribution is 6.34. The summed E-state index contributed by atoms with van der Waals surface area (Å²) in [5.41, 5.74) is 6.24. The van der Waals surface area contributed by atoms with Crippen molar-refractivity contribution in [3.05, 3.63) is 52.3 Å². The minimum Gasteiger partial charge on any atom is -0.392 e. The quantitative estimate of drug-likeness (QED) is 0.736. The van der Waals surface area contributed by atoms with Crippen molar-refractivity contribution in [2.75, 3.05) is 31.6 Å². The van der Waals surface area contributed by atoms with Crippen molar-refractivity contribution in [1.29, 1.82) is 0 Å². The molecule has 6 nitrogen and oxygen atoms in total. The number of anilines is 1. The normalized spacial score (nSPS) is 19.0. The smallest absolute Gasteiger partial charge is 0.256 e. The summed E-state index contributed by atoms with van der Waals surface area (Å²) in [6.45, 7) is 6.29. The molecule has 1 fully saturated rings. The van der Waals surface area contributed by atoms with Gasteiger partial charge in [-0.15, -0.1) is 0 Å². The van der Waals surface area contributed by atoms with E-state index in [0.29, 0.717) is 5.57 Å². The van der Waals surface area contributed by atoms with Crippen LogP contribution in [0, 0.1) is 6.92 Å². The second-order valence-corrected chi connectivity index (χ2v) is 6.83. The van der Waals surface area contributed by atoms with Gasteiger partial charge in [0, 0.05) is 42.3 Å². The number of aromatic amines is 1. The molecule has 1 saturated heterocycles. The van der Waals surface area contributed by atoms with E-state index in [-0.39, 0.29) is 12.5 Å². The Morgan fingerprint density at radius 1 is 1.27 bits per heavy atom. The van der Waals surface area contributed by atoms with Crippen molar-refractivity contribution in [1.82, 2.24) is 9.88 Å². The minimum atomic E-state index is -0.112. The molecule has 3 heterocycles. The number of carbonyl (C=O) groups excluding carboxylic acids is 1. The molecule has 0 bridgehead atoms. The topological polar surface area (TPSA) is 77.6 Å². The van der Waals surface area contributed by atoms with Crippen LogP contribution in [-0.4, -0.2) is 47.2 Å². The molecule has 1 amide bonds. The minimum absolute atomic E-state index is 0.0417. The number of benzene rings is 1. The van der Waals surface area contributed by atoms with Gasteiger partial charge < -0.3 is 20.1 Å². The molecule has 0 atom stereocenters. The van der Waals surface area contributed by atoms with Gasteiger partial charge in [0.05, 0.1) is 25.4 Å². The van der Waals surface area contributed by atoms with Crippen molar-refractivity contribution in [2.24, 2.45) is 0 Å². The van der Waals surface area contributed by atoms with E-state index in [0.717, 1.165) is 66.6 Å². The molecule has 3 N–H and O–H groups in total. The molecule has 2 aliphatic heterocycles. The lowest BCUT2D eigenvalue weighted by Gasteiger charge is -2.25. The lowest BCUT2D eigenvalue weighted by Crippen LogP contribution is -2.35. The fraction of sp³-hybridized carbons (Fsp3) is 0.350. The molecule has 1 aromatic heterocycles.